The third-order valence-electron chi connectivity index (χ3n) is 6.42. The van der Waals surface area contributed by atoms with E-state index in [2.05, 4.69) is 5.32 Å². The molecule has 4 atom stereocenters. The maximum atomic E-state index is 12.2. The molecule has 4 unspecified atom stereocenters. The van der Waals surface area contributed by atoms with Gasteiger partial charge in [0.25, 0.3) is 0 Å². The number of hydrogen-bond acceptors (Lipinski definition) is 3. The summed E-state index contributed by atoms with van der Waals surface area (Å²) < 4.78 is 0. The minimum absolute atomic E-state index is 0.149. The van der Waals surface area contributed by atoms with Gasteiger partial charge in [-0.3, -0.25) is 9.59 Å². The quantitative estimate of drug-likeness (QED) is 0.809. The molecule has 4 fully saturated rings. The number of hydrogen-bond donors (Lipinski definition) is 2. The first-order valence-corrected chi connectivity index (χ1v) is 8.39. The molecule has 3 aliphatic carbocycles. The number of nitrogens with one attached hydrogen (secondary N) is 1. The van der Waals surface area contributed by atoms with Gasteiger partial charge < -0.3 is 15.3 Å². The molecule has 4 rings (SSSR count). The molecule has 2 N–H and O–H groups in total. The number of rotatable bonds is 4. The SMILES string of the molecule is O=C(O)C1CCN(C(=O)CNC2C3C4CCC(C4)C23)CC1. The summed E-state index contributed by atoms with van der Waals surface area (Å²) in [7, 11) is 0. The number of nitrogens with zero attached hydrogens (tertiary/aromatic N) is 1. The molecule has 2 bridgehead atoms. The summed E-state index contributed by atoms with van der Waals surface area (Å²) in [6, 6.07) is 0.594. The summed E-state index contributed by atoms with van der Waals surface area (Å²) in [6.07, 6.45) is 5.44. The standard InChI is InChI=1S/C16H24N2O3/c19-12(18-5-3-9(4-6-18)16(20)21)8-17-15-13-10-1-2-11(7-10)14(13)15/h9-11,13-15,17H,1-8H2,(H,20,21). The molecule has 5 nitrogen and oxygen atoms in total. The summed E-state index contributed by atoms with van der Waals surface area (Å²) in [5.74, 6) is 2.74. The van der Waals surface area contributed by atoms with Gasteiger partial charge in [0.2, 0.25) is 5.91 Å². The monoisotopic (exact) mass is 292 g/mol. The third-order valence-corrected chi connectivity index (χ3v) is 6.42. The van der Waals surface area contributed by atoms with E-state index in [4.69, 9.17) is 5.11 Å². The Kier molecular flexibility index (Phi) is 3.21. The van der Waals surface area contributed by atoms with Gasteiger partial charge in [0, 0.05) is 19.1 Å². The van der Waals surface area contributed by atoms with Gasteiger partial charge in [-0.1, -0.05) is 0 Å². The molecule has 0 spiro atoms. The maximum Gasteiger partial charge on any atom is 0.306 e. The van der Waals surface area contributed by atoms with Gasteiger partial charge in [-0.25, -0.2) is 0 Å². The van der Waals surface area contributed by atoms with Gasteiger partial charge in [-0.15, -0.1) is 0 Å². The van der Waals surface area contributed by atoms with Crippen LogP contribution in [0.2, 0.25) is 0 Å². The Balaban J connectivity index is 1.22. The van der Waals surface area contributed by atoms with Gasteiger partial charge >= 0.3 is 5.97 Å². The van der Waals surface area contributed by atoms with Crippen LogP contribution < -0.4 is 5.32 Å². The van der Waals surface area contributed by atoms with Crippen molar-refractivity contribution in [2.45, 2.75) is 38.1 Å². The molecular weight excluding hydrogens is 268 g/mol. The minimum Gasteiger partial charge on any atom is -0.481 e. The van der Waals surface area contributed by atoms with Gasteiger partial charge in [-0.05, 0) is 55.8 Å². The Hall–Kier alpha value is -1.10. The molecule has 0 aromatic carbocycles. The smallest absolute Gasteiger partial charge is 0.306 e. The summed E-state index contributed by atoms with van der Waals surface area (Å²) >= 11 is 0. The summed E-state index contributed by atoms with van der Waals surface area (Å²) in [5.41, 5.74) is 0. The molecule has 1 amide bonds. The number of fused-ring (bicyclic) bond motifs is 5. The number of aliphatic carboxylic acids is 1. The predicted molar refractivity (Wildman–Crippen MR) is 76.5 cm³/mol. The number of likely N-dealkylation sites (tertiary alicyclic amines) is 1. The molecule has 21 heavy (non-hydrogen) atoms. The first-order chi connectivity index (χ1) is 10.1. The van der Waals surface area contributed by atoms with E-state index >= 15 is 0 Å². The molecule has 5 heteroatoms. The Labute approximate surface area is 125 Å². The summed E-state index contributed by atoms with van der Waals surface area (Å²) in [6.45, 7) is 1.63. The van der Waals surface area contributed by atoms with E-state index in [1.165, 1.54) is 19.3 Å². The van der Waals surface area contributed by atoms with E-state index in [0.29, 0.717) is 38.5 Å². The average molecular weight is 292 g/mol. The largest absolute Gasteiger partial charge is 0.481 e. The second kappa shape index (κ2) is 4.97. The zero-order chi connectivity index (χ0) is 14.6. The molecule has 1 saturated heterocycles. The van der Waals surface area contributed by atoms with E-state index in [0.717, 1.165) is 23.7 Å². The van der Waals surface area contributed by atoms with E-state index in [1.807, 2.05) is 4.90 Å². The number of carboxylic acids is 1. The van der Waals surface area contributed by atoms with Crippen molar-refractivity contribution in [3.05, 3.63) is 0 Å². The van der Waals surface area contributed by atoms with Crippen LogP contribution in [0.1, 0.15) is 32.1 Å². The van der Waals surface area contributed by atoms with E-state index < -0.39 is 5.97 Å². The van der Waals surface area contributed by atoms with Gasteiger partial charge in [0.05, 0.1) is 12.5 Å². The Morgan fingerprint density at radius 1 is 1.05 bits per heavy atom. The van der Waals surface area contributed by atoms with Crippen LogP contribution in [0.5, 0.6) is 0 Å². The van der Waals surface area contributed by atoms with Gasteiger partial charge in [-0.2, -0.15) is 0 Å². The fourth-order valence-electron chi connectivity index (χ4n) is 5.29. The van der Waals surface area contributed by atoms with Gasteiger partial charge in [0.1, 0.15) is 0 Å². The molecule has 116 valence electrons. The summed E-state index contributed by atoms with van der Waals surface area (Å²) in [5, 5.41) is 12.5. The molecule has 4 aliphatic rings. The zero-order valence-electron chi connectivity index (χ0n) is 12.3. The first-order valence-electron chi connectivity index (χ1n) is 8.39. The average Bonchev–Trinajstić information content (AvgIpc) is 2.88. The maximum absolute atomic E-state index is 12.2. The number of carboxylic acid groups (broad SMARTS) is 1. The molecule has 0 radical (unpaired) electrons. The lowest BCUT2D eigenvalue weighted by Crippen LogP contribution is -2.44. The normalized spacial score (nSPS) is 41.1. The van der Waals surface area contributed by atoms with Crippen molar-refractivity contribution < 1.29 is 14.7 Å². The zero-order valence-corrected chi connectivity index (χ0v) is 12.3. The second-order valence-corrected chi connectivity index (χ2v) is 7.39. The van der Waals surface area contributed by atoms with Crippen molar-refractivity contribution in [2.75, 3.05) is 19.6 Å². The molecule has 0 aromatic rings. The number of carbonyl (C=O) groups is 2. The first kappa shape index (κ1) is 13.6. The lowest BCUT2D eigenvalue weighted by Gasteiger charge is -2.30. The van der Waals surface area contributed by atoms with E-state index in [-0.39, 0.29) is 11.8 Å². The van der Waals surface area contributed by atoms with Crippen LogP contribution in [0.4, 0.5) is 0 Å². The fraction of sp³-hybridized carbons (Fsp3) is 0.875. The molecule has 0 aromatic heterocycles. The lowest BCUT2D eigenvalue weighted by atomic mass is 9.97. The van der Waals surface area contributed by atoms with Crippen LogP contribution in [0.3, 0.4) is 0 Å². The van der Waals surface area contributed by atoms with Crippen LogP contribution in [-0.4, -0.2) is 47.6 Å². The minimum atomic E-state index is -0.721. The van der Waals surface area contributed by atoms with Crippen LogP contribution in [-0.2, 0) is 9.59 Å². The predicted octanol–water partition coefficient (Wildman–Crippen LogP) is 0.944. The highest BCUT2D eigenvalue weighted by molar-refractivity contribution is 5.79. The van der Waals surface area contributed by atoms with Crippen LogP contribution in [0.15, 0.2) is 0 Å². The van der Waals surface area contributed by atoms with Crippen molar-refractivity contribution in [3.63, 3.8) is 0 Å². The van der Waals surface area contributed by atoms with E-state index in [1.54, 1.807) is 0 Å². The second-order valence-electron chi connectivity index (χ2n) is 7.39. The Morgan fingerprint density at radius 3 is 2.24 bits per heavy atom. The number of piperidine rings is 1. The highest BCUT2D eigenvalue weighted by atomic mass is 16.4. The van der Waals surface area contributed by atoms with Crippen LogP contribution in [0, 0.1) is 29.6 Å². The van der Waals surface area contributed by atoms with Crippen molar-refractivity contribution >= 4 is 11.9 Å². The lowest BCUT2D eigenvalue weighted by molar-refractivity contribution is -0.145. The topological polar surface area (TPSA) is 69.6 Å². The summed E-state index contributed by atoms with van der Waals surface area (Å²) in [4.78, 5) is 25.0. The Bertz CT molecular complexity index is 442. The number of amides is 1. The highest BCUT2D eigenvalue weighted by Gasteiger charge is 2.64. The molecule has 1 aliphatic heterocycles. The van der Waals surface area contributed by atoms with Crippen molar-refractivity contribution in [1.29, 1.82) is 0 Å². The number of carbonyl (C=O) groups excluding carboxylic acids is 1. The molecule has 1 heterocycles. The van der Waals surface area contributed by atoms with Crippen LogP contribution >= 0.6 is 0 Å². The van der Waals surface area contributed by atoms with E-state index in [9.17, 15) is 9.59 Å². The molecular formula is C16H24N2O3. The Morgan fingerprint density at radius 2 is 1.67 bits per heavy atom. The van der Waals surface area contributed by atoms with Crippen molar-refractivity contribution in [3.8, 4) is 0 Å². The highest BCUT2D eigenvalue weighted by Crippen LogP contribution is 2.65. The molecule has 3 saturated carbocycles. The van der Waals surface area contributed by atoms with Gasteiger partial charge in [0.15, 0.2) is 0 Å². The van der Waals surface area contributed by atoms with Crippen molar-refractivity contribution in [1.82, 2.24) is 10.2 Å². The third kappa shape index (κ3) is 2.26. The van der Waals surface area contributed by atoms with Crippen molar-refractivity contribution in [2.24, 2.45) is 29.6 Å². The fourth-order valence-corrected chi connectivity index (χ4v) is 5.29. The van der Waals surface area contributed by atoms with Crippen LogP contribution in [0.25, 0.3) is 0 Å².